The Labute approximate surface area is 139 Å². The van der Waals surface area contributed by atoms with Gasteiger partial charge in [-0.25, -0.2) is 12.8 Å². The van der Waals surface area contributed by atoms with Gasteiger partial charge in [0.25, 0.3) is 0 Å². The Morgan fingerprint density at radius 2 is 1.96 bits per heavy atom. The van der Waals surface area contributed by atoms with Crippen LogP contribution in [-0.2, 0) is 9.84 Å². The Morgan fingerprint density at radius 1 is 1.29 bits per heavy atom. The second-order valence-electron chi connectivity index (χ2n) is 4.74. The number of nitrogens with zero attached hydrogens (tertiary/aromatic N) is 1. The molecular weight excluding hydrogens is 333 g/mol. The standard InChI is InChI=1S/C17H14FNO4S/c1-2-23-17-10-12(3-8-16(17)20)9-15(11-19)24(21,22)14-6-4-13(18)5-7-14/h3-10,20H,2H2,1H3/b15-9-. The zero-order valence-electron chi connectivity index (χ0n) is 12.7. The Balaban J connectivity index is 2.48. The smallest absolute Gasteiger partial charge is 0.216 e. The number of allylic oxidation sites excluding steroid dienone is 1. The molecular formula is C17H14FNO4S. The summed E-state index contributed by atoms with van der Waals surface area (Å²) in [7, 11) is -4.07. The number of benzene rings is 2. The summed E-state index contributed by atoms with van der Waals surface area (Å²) in [6.07, 6.45) is 1.17. The van der Waals surface area contributed by atoms with Crippen LogP contribution in [0.1, 0.15) is 12.5 Å². The first kappa shape index (κ1) is 17.5. The van der Waals surface area contributed by atoms with Gasteiger partial charge in [0.1, 0.15) is 16.8 Å². The second kappa shape index (κ2) is 7.15. The van der Waals surface area contributed by atoms with Crippen molar-refractivity contribution in [2.24, 2.45) is 0 Å². The largest absolute Gasteiger partial charge is 0.504 e. The number of halogens is 1. The molecule has 0 fully saturated rings. The molecule has 0 saturated carbocycles. The summed E-state index contributed by atoms with van der Waals surface area (Å²) < 4.78 is 43.1. The van der Waals surface area contributed by atoms with E-state index in [9.17, 15) is 23.2 Å². The zero-order chi connectivity index (χ0) is 17.7. The Morgan fingerprint density at radius 3 is 2.54 bits per heavy atom. The van der Waals surface area contributed by atoms with Gasteiger partial charge >= 0.3 is 0 Å². The number of aromatic hydroxyl groups is 1. The van der Waals surface area contributed by atoms with Crippen molar-refractivity contribution in [3.63, 3.8) is 0 Å². The number of nitriles is 1. The van der Waals surface area contributed by atoms with Gasteiger partial charge in [0.15, 0.2) is 11.5 Å². The summed E-state index contributed by atoms with van der Waals surface area (Å²) in [5.41, 5.74) is 0.374. The van der Waals surface area contributed by atoms with Crippen LogP contribution in [0.25, 0.3) is 6.08 Å². The third kappa shape index (κ3) is 3.73. The molecule has 0 aliphatic heterocycles. The zero-order valence-corrected chi connectivity index (χ0v) is 13.5. The average Bonchev–Trinajstić information content (AvgIpc) is 2.56. The van der Waals surface area contributed by atoms with Gasteiger partial charge in [0.2, 0.25) is 9.84 Å². The van der Waals surface area contributed by atoms with Crippen LogP contribution in [0.4, 0.5) is 4.39 Å². The lowest BCUT2D eigenvalue weighted by Crippen LogP contribution is -2.03. The van der Waals surface area contributed by atoms with Gasteiger partial charge in [-0.05, 0) is 55.0 Å². The maximum atomic E-state index is 12.9. The highest BCUT2D eigenvalue weighted by Gasteiger charge is 2.21. The predicted molar refractivity (Wildman–Crippen MR) is 86.5 cm³/mol. The highest BCUT2D eigenvalue weighted by atomic mass is 32.2. The molecule has 0 heterocycles. The Kier molecular flexibility index (Phi) is 5.21. The minimum absolute atomic E-state index is 0.0890. The third-order valence-corrected chi connectivity index (χ3v) is 4.79. The number of phenolic OH excluding ortho intramolecular Hbond substituents is 1. The minimum Gasteiger partial charge on any atom is -0.504 e. The first-order valence-electron chi connectivity index (χ1n) is 6.96. The molecule has 0 aliphatic rings. The summed E-state index contributed by atoms with van der Waals surface area (Å²) >= 11 is 0. The van der Waals surface area contributed by atoms with Crippen LogP contribution in [0.15, 0.2) is 52.3 Å². The van der Waals surface area contributed by atoms with Crippen molar-refractivity contribution < 1.29 is 22.7 Å². The summed E-state index contributed by atoms with van der Waals surface area (Å²) in [4.78, 5) is -0.678. The first-order valence-corrected chi connectivity index (χ1v) is 8.45. The van der Waals surface area contributed by atoms with Crippen LogP contribution in [0.3, 0.4) is 0 Å². The number of rotatable bonds is 5. The van der Waals surface area contributed by atoms with Gasteiger partial charge < -0.3 is 9.84 Å². The van der Waals surface area contributed by atoms with E-state index < -0.39 is 20.6 Å². The van der Waals surface area contributed by atoms with E-state index in [4.69, 9.17) is 4.74 Å². The molecule has 0 saturated heterocycles. The summed E-state index contributed by atoms with van der Waals surface area (Å²) in [5.74, 6) is -0.479. The lowest BCUT2D eigenvalue weighted by Gasteiger charge is -2.07. The second-order valence-corrected chi connectivity index (χ2v) is 6.66. The molecule has 2 aromatic carbocycles. The van der Waals surface area contributed by atoms with Crippen molar-refractivity contribution in [2.75, 3.05) is 6.61 Å². The molecule has 0 atom stereocenters. The van der Waals surface area contributed by atoms with Gasteiger partial charge in [0.05, 0.1) is 11.5 Å². The van der Waals surface area contributed by atoms with Crippen LogP contribution < -0.4 is 4.74 Å². The van der Waals surface area contributed by atoms with E-state index in [1.165, 1.54) is 24.3 Å². The molecule has 0 radical (unpaired) electrons. The normalized spacial score (nSPS) is 11.8. The topological polar surface area (TPSA) is 87.4 Å². The molecule has 0 aliphatic carbocycles. The van der Waals surface area contributed by atoms with Crippen molar-refractivity contribution in [2.45, 2.75) is 11.8 Å². The number of hydrogen-bond acceptors (Lipinski definition) is 5. The van der Waals surface area contributed by atoms with Gasteiger partial charge in [-0.1, -0.05) is 6.07 Å². The molecule has 0 unspecified atom stereocenters. The molecule has 7 heteroatoms. The lowest BCUT2D eigenvalue weighted by atomic mass is 10.2. The lowest BCUT2D eigenvalue weighted by molar-refractivity contribution is 0.318. The van der Waals surface area contributed by atoms with Crippen LogP contribution in [0, 0.1) is 17.1 Å². The molecule has 1 N–H and O–H groups in total. The van der Waals surface area contributed by atoms with Gasteiger partial charge in [-0.3, -0.25) is 0 Å². The van der Waals surface area contributed by atoms with Crippen molar-refractivity contribution in [3.05, 3.63) is 58.8 Å². The molecule has 24 heavy (non-hydrogen) atoms. The number of ether oxygens (including phenoxy) is 1. The third-order valence-electron chi connectivity index (χ3n) is 3.11. The maximum absolute atomic E-state index is 12.9. The van der Waals surface area contributed by atoms with Crippen molar-refractivity contribution in [3.8, 4) is 17.6 Å². The SMILES string of the molecule is CCOc1cc(/C=C(/C#N)S(=O)(=O)c2ccc(F)cc2)ccc1O. The van der Waals surface area contributed by atoms with E-state index in [2.05, 4.69) is 0 Å². The maximum Gasteiger partial charge on any atom is 0.216 e. The molecule has 0 amide bonds. The molecule has 5 nitrogen and oxygen atoms in total. The van der Waals surface area contributed by atoms with Crippen molar-refractivity contribution >= 4 is 15.9 Å². The van der Waals surface area contributed by atoms with E-state index >= 15 is 0 Å². The number of phenols is 1. The highest BCUT2D eigenvalue weighted by molar-refractivity contribution is 7.95. The van der Waals surface area contributed by atoms with Crippen LogP contribution in [0.5, 0.6) is 11.5 Å². The van der Waals surface area contributed by atoms with Crippen molar-refractivity contribution in [1.82, 2.24) is 0 Å². The molecule has 124 valence electrons. The van der Waals surface area contributed by atoms with Gasteiger partial charge in [-0.2, -0.15) is 5.26 Å². The van der Waals surface area contributed by atoms with Crippen LogP contribution >= 0.6 is 0 Å². The number of hydrogen-bond donors (Lipinski definition) is 1. The Bertz CT molecular complexity index is 913. The summed E-state index contributed by atoms with van der Waals surface area (Å²) in [6, 6.07) is 10.1. The van der Waals surface area contributed by atoms with E-state index in [1.54, 1.807) is 13.0 Å². The quantitative estimate of drug-likeness (QED) is 0.662. The number of sulfone groups is 1. The molecule has 2 rings (SSSR count). The van der Waals surface area contributed by atoms with E-state index in [-0.39, 0.29) is 16.4 Å². The summed E-state index contributed by atoms with van der Waals surface area (Å²) in [5, 5.41) is 18.9. The van der Waals surface area contributed by atoms with Gasteiger partial charge in [0, 0.05) is 0 Å². The summed E-state index contributed by atoms with van der Waals surface area (Å²) in [6.45, 7) is 2.06. The van der Waals surface area contributed by atoms with E-state index in [0.717, 1.165) is 24.3 Å². The predicted octanol–water partition coefficient (Wildman–Crippen LogP) is 3.27. The van der Waals surface area contributed by atoms with Crippen LogP contribution in [-0.4, -0.2) is 20.1 Å². The fourth-order valence-electron chi connectivity index (χ4n) is 1.95. The first-order chi connectivity index (χ1) is 11.4. The average molecular weight is 347 g/mol. The Hall–Kier alpha value is -2.85. The van der Waals surface area contributed by atoms with E-state index in [0.29, 0.717) is 12.2 Å². The molecule has 2 aromatic rings. The molecule has 0 aromatic heterocycles. The van der Waals surface area contributed by atoms with Crippen LogP contribution in [0.2, 0.25) is 0 Å². The molecule has 0 bridgehead atoms. The monoisotopic (exact) mass is 347 g/mol. The molecule has 0 spiro atoms. The van der Waals surface area contributed by atoms with Gasteiger partial charge in [-0.15, -0.1) is 0 Å². The van der Waals surface area contributed by atoms with Crippen molar-refractivity contribution in [1.29, 1.82) is 5.26 Å². The minimum atomic E-state index is -4.07. The fraction of sp³-hybridized carbons (Fsp3) is 0.118. The fourth-order valence-corrected chi connectivity index (χ4v) is 3.11. The highest BCUT2D eigenvalue weighted by Crippen LogP contribution is 2.29. The van der Waals surface area contributed by atoms with E-state index in [1.807, 2.05) is 0 Å².